The number of thiophene rings is 1. The Labute approximate surface area is 163 Å². The second kappa shape index (κ2) is 7.45. The minimum atomic E-state index is -3.87. The van der Waals surface area contributed by atoms with Crippen LogP contribution in [-0.4, -0.2) is 19.3 Å². The maximum absolute atomic E-state index is 12.4. The molecule has 0 atom stereocenters. The summed E-state index contributed by atoms with van der Waals surface area (Å²) in [6.45, 7) is 1.83. The molecule has 1 amide bonds. The number of amides is 1. The second-order valence-corrected chi connectivity index (χ2v) is 9.42. The molecule has 0 saturated carbocycles. The van der Waals surface area contributed by atoms with Crippen LogP contribution in [0.25, 0.3) is 9.88 Å². The van der Waals surface area contributed by atoms with Gasteiger partial charge >= 0.3 is 0 Å². The van der Waals surface area contributed by atoms with E-state index in [2.05, 4.69) is 10.3 Å². The molecule has 0 saturated heterocycles. The number of aryl methyl sites for hydroxylation is 1. The van der Waals surface area contributed by atoms with Crippen molar-refractivity contribution < 1.29 is 13.2 Å². The summed E-state index contributed by atoms with van der Waals surface area (Å²) in [6, 6.07) is 8.24. The Hall–Kier alpha value is -1.78. The lowest BCUT2D eigenvalue weighted by atomic mass is 10.1. The van der Waals surface area contributed by atoms with Crippen LogP contribution in [0.15, 0.2) is 40.6 Å². The van der Waals surface area contributed by atoms with Gasteiger partial charge in [-0.05, 0) is 36.2 Å². The van der Waals surface area contributed by atoms with Gasteiger partial charge in [0.25, 0.3) is 5.91 Å². The summed E-state index contributed by atoms with van der Waals surface area (Å²) >= 11 is 8.63. The Morgan fingerprint density at radius 3 is 2.69 bits per heavy atom. The molecule has 2 heterocycles. The number of primary sulfonamides is 1. The van der Waals surface area contributed by atoms with Crippen LogP contribution in [0.3, 0.4) is 0 Å². The Kier molecular flexibility index (Phi) is 5.44. The summed E-state index contributed by atoms with van der Waals surface area (Å²) < 4.78 is 24.1. The Bertz CT molecular complexity index is 1070. The van der Waals surface area contributed by atoms with Crippen molar-refractivity contribution in [2.24, 2.45) is 5.14 Å². The SMILES string of the molecule is CCc1ccc(NC(=O)c2csc(-c3ccc(Cl)s3)n2)cc1S(N)(=O)=O. The van der Waals surface area contributed by atoms with Crippen molar-refractivity contribution >= 4 is 55.9 Å². The summed E-state index contributed by atoms with van der Waals surface area (Å²) in [4.78, 5) is 17.6. The summed E-state index contributed by atoms with van der Waals surface area (Å²) in [5.74, 6) is -0.431. The fourth-order valence-corrected chi connectivity index (χ4v) is 5.09. The predicted molar refractivity (Wildman–Crippen MR) is 106 cm³/mol. The van der Waals surface area contributed by atoms with Crippen molar-refractivity contribution in [2.45, 2.75) is 18.2 Å². The summed E-state index contributed by atoms with van der Waals surface area (Å²) in [6.07, 6.45) is 0.513. The number of hydrogen-bond donors (Lipinski definition) is 2. The topological polar surface area (TPSA) is 102 Å². The van der Waals surface area contributed by atoms with E-state index in [1.54, 1.807) is 23.6 Å². The fraction of sp³-hybridized carbons (Fsp3) is 0.125. The van der Waals surface area contributed by atoms with Gasteiger partial charge in [-0.15, -0.1) is 22.7 Å². The highest BCUT2D eigenvalue weighted by Gasteiger charge is 2.17. The highest BCUT2D eigenvalue weighted by atomic mass is 35.5. The van der Waals surface area contributed by atoms with Crippen LogP contribution in [0.1, 0.15) is 23.0 Å². The second-order valence-electron chi connectivity index (χ2n) is 5.32. The monoisotopic (exact) mass is 427 g/mol. The zero-order valence-electron chi connectivity index (χ0n) is 13.5. The molecule has 26 heavy (non-hydrogen) atoms. The summed E-state index contributed by atoms with van der Waals surface area (Å²) in [7, 11) is -3.87. The van der Waals surface area contributed by atoms with Gasteiger partial charge in [-0.25, -0.2) is 18.5 Å². The number of carbonyl (C=O) groups excluding carboxylic acids is 1. The molecule has 1 aromatic carbocycles. The highest BCUT2D eigenvalue weighted by Crippen LogP contribution is 2.33. The third-order valence-corrected chi connectivity index (χ3v) is 6.77. The number of thiazole rings is 1. The number of rotatable bonds is 5. The van der Waals surface area contributed by atoms with Gasteiger partial charge in [0.15, 0.2) is 0 Å². The number of aromatic nitrogens is 1. The Balaban J connectivity index is 1.83. The van der Waals surface area contributed by atoms with Crippen LogP contribution < -0.4 is 10.5 Å². The first-order chi connectivity index (χ1) is 12.3. The van der Waals surface area contributed by atoms with E-state index in [1.807, 2.05) is 13.0 Å². The lowest BCUT2D eigenvalue weighted by molar-refractivity contribution is 0.102. The molecule has 2 aromatic heterocycles. The number of hydrogen-bond acceptors (Lipinski definition) is 6. The van der Waals surface area contributed by atoms with Crippen LogP contribution in [0.2, 0.25) is 4.34 Å². The quantitative estimate of drug-likeness (QED) is 0.642. The normalized spacial score (nSPS) is 11.5. The van der Waals surface area contributed by atoms with Crippen LogP contribution >= 0.6 is 34.3 Å². The number of anilines is 1. The molecule has 0 aliphatic heterocycles. The molecular weight excluding hydrogens is 414 g/mol. The van der Waals surface area contributed by atoms with E-state index in [1.165, 1.54) is 28.7 Å². The van der Waals surface area contributed by atoms with Crippen LogP contribution in [0, 0.1) is 0 Å². The first-order valence-electron chi connectivity index (χ1n) is 7.46. The summed E-state index contributed by atoms with van der Waals surface area (Å²) in [5.41, 5.74) is 1.17. The maximum Gasteiger partial charge on any atom is 0.275 e. The first kappa shape index (κ1) is 19.0. The van der Waals surface area contributed by atoms with E-state index in [9.17, 15) is 13.2 Å². The molecular formula is C16H14ClN3O3S3. The molecule has 3 aromatic rings. The minimum absolute atomic E-state index is 0.00462. The number of nitrogens with two attached hydrogens (primary N) is 1. The molecule has 0 unspecified atom stereocenters. The summed E-state index contributed by atoms with van der Waals surface area (Å²) in [5, 5.41) is 10.2. The smallest absolute Gasteiger partial charge is 0.275 e. The molecule has 10 heteroatoms. The van der Waals surface area contributed by atoms with E-state index < -0.39 is 15.9 Å². The van der Waals surface area contributed by atoms with Gasteiger partial charge in [-0.3, -0.25) is 4.79 Å². The highest BCUT2D eigenvalue weighted by molar-refractivity contribution is 7.89. The van der Waals surface area contributed by atoms with Crippen molar-refractivity contribution in [1.29, 1.82) is 0 Å². The molecule has 3 N–H and O–H groups in total. The van der Waals surface area contributed by atoms with E-state index in [0.717, 1.165) is 4.88 Å². The van der Waals surface area contributed by atoms with Gasteiger partial charge < -0.3 is 5.32 Å². The van der Waals surface area contributed by atoms with Gasteiger partial charge in [0.2, 0.25) is 10.0 Å². The third-order valence-electron chi connectivity index (χ3n) is 3.53. The van der Waals surface area contributed by atoms with Gasteiger partial charge in [-0.2, -0.15) is 0 Å². The van der Waals surface area contributed by atoms with Gasteiger partial charge in [0, 0.05) is 11.1 Å². The van der Waals surface area contributed by atoms with Crippen molar-refractivity contribution in [3.8, 4) is 9.88 Å². The zero-order valence-corrected chi connectivity index (χ0v) is 16.7. The zero-order chi connectivity index (χ0) is 18.9. The molecule has 3 rings (SSSR count). The van der Waals surface area contributed by atoms with Crippen molar-refractivity contribution in [1.82, 2.24) is 4.98 Å². The average molecular weight is 428 g/mol. The third kappa shape index (κ3) is 4.13. The van der Waals surface area contributed by atoms with Crippen LogP contribution in [-0.2, 0) is 16.4 Å². The molecule has 6 nitrogen and oxygen atoms in total. The van der Waals surface area contributed by atoms with Crippen molar-refractivity contribution in [3.63, 3.8) is 0 Å². The largest absolute Gasteiger partial charge is 0.321 e. The molecule has 0 bridgehead atoms. The number of nitrogens with one attached hydrogen (secondary N) is 1. The molecule has 0 radical (unpaired) electrons. The van der Waals surface area contributed by atoms with E-state index >= 15 is 0 Å². The first-order valence-corrected chi connectivity index (χ1v) is 11.1. The number of carbonyl (C=O) groups is 1. The number of sulfonamides is 1. The minimum Gasteiger partial charge on any atom is -0.321 e. The van der Waals surface area contributed by atoms with Gasteiger partial charge in [0.1, 0.15) is 10.7 Å². The van der Waals surface area contributed by atoms with E-state index in [4.69, 9.17) is 16.7 Å². The maximum atomic E-state index is 12.4. The number of benzene rings is 1. The lowest BCUT2D eigenvalue weighted by Gasteiger charge is -2.09. The standard InChI is InChI=1S/C16H14ClN3O3S3/c1-2-9-3-4-10(7-13(9)26(18,22)23)19-15(21)11-8-24-16(20-11)12-5-6-14(17)25-12/h3-8H,2H2,1H3,(H,19,21)(H2,18,22,23). The van der Waals surface area contributed by atoms with Crippen LogP contribution in [0.4, 0.5) is 5.69 Å². The van der Waals surface area contributed by atoms with Crippen LogP contribution in [0.5, 0.6) is 0 Å². The van der Waals surface area contributed by atoms with E-state index in [-0.39, 0.29) is 10.6 Å². The molecule has 0 spiro atoms. The van der Waals surface area contributed by atoms with E-state index in [0.29, 0.717) is 27.0 Å². The van der Waals surface area contributed by atoms with Crippen molar-refractivity contribution in [2.75, 3.05) is 5.32 Å². The molecule has 0 fully saturated rings. The Morgan fingerprint density at radius 2 is 2.08 bits per heavy atom. The Morgan fingerprint density at radius 1 is 1.31 bits per heavy atom. The number of halogens is 1. The lowest BCUT2D eigenvalue weighted by Crippen LogP contribution is -2.16. The fourth-order valence-electron chi connectivity index (χ4n) is 2.30. The van der Waals surface area contributed by atoms with Gasteiger partial charge in [0.05, 0.1) is 14.1 Å². The molecule has 136 valence electrons. The average Bonchev–Trinajstić information content (AvgIpc) is 3.22. The molecule has 0 aliphatic carbocycles. The molecule has 0 aliphatic rings. The van der Waals surface area contributed by atoms with Gasteiger partial charge in [-0.1, -0.05) is 24.6 Å². The number of nitrogens with zero attached hydrogens (tertiary/aromatic N) is 1. The predicted octanol–water partition coefficient (Wildman–Crippen LogP) is 3.99. The van der Waals surface area contributed by atoms with Crippen molar-refractivity contribution in [3.05, 3.63) is 51.3 Å².